The minimum absolute atomic E-state index is 0.140. The number of rotatable bonds is 7. The zero-order valence-corrected chi connectivity index (χ0v) is 20.4. The van der Waals surface area contributed by atoms with Gasteiger partial charge in [0.2, 0.25) is 5.89 Å². The number of hydrogen-bond donors (Lipinski definition) is 1. The first-order valence-electron chi connectivity index (χ1n) is 11.1. The average Bonchev–Trinajstić information content (AvgIpc) is 3.33. The number of β-amino-alcohol motifs (C(OH)–C–C–N with tert-alkyl or cyclic N) is 1. The van der Waals surface area contributed by atoms with Gasteiger partial charge in [0.1, 0.15) is 18.5 Å². The average molecular weight is 460 g/mol. The number of piperazine rings is 1. The molecule has 0 unspecified atom stereocenters. The highest BCUT2D eigenvalue weighted by Gasteiger charge is 2.28. The quantitative estimate of drug-likeness (QED) is 0.576. The van der Waals surface area contributed by atoms with Crippen molar-refractivity contribution in [1.29, 1.82) is 0 Å². The van der Waals surface area contributed by atoms with Crippen LogP contribution >= 0.6 is 11.3 Å². The summed E-state index contributed by atoms with van der Waals surface area (Å²) in [6.07, 6.45) is -0.548. The Hall–Kier alpha value is -2.07. The van der Waals surface area contributed by atoms with Crippen molar-refractivity contribution in [3.8, 4) is 5.75 Å². The molecule has 32 heavy (non-hydrogen) atoms. The lowest BCUT2D eigenvalue weighted by Gasteiger charge is -2.39. The SMILES string of the molecule is Cc1nc2cc(OC[C@H](O)CN3CCN(Cc4noc(C(C)(C)C)n4)[C@@H](C)C3)ccc2s1. The van der Waals surface area contributed by atoms with Crippen molar-refractivity contribution < 1.29 is 14.4 Å². The van der Waals surface area contributed by atoms with E-state index >= 15 is 0 Å². The fourth-order valence-corrected chi connectivity index (χ4v) is 4.74. The number of aliphatic hydroxyl groups excluding tert-OH is 1. The Labute approximate surface area is 193 Å². The molecule has 2 atom stereocenters. The summed E-state index contributed by atoms with van der Waals surface area (Å²) >= 11 is 1.67. The molecule has 1 N–H and O–H groups in total. The Kier molecular flexibility index (Phi) is 6.80. The summed E-state index contributed by atoms with van der Waals surface area (Å²) in [4.78, 5) is 13.7. The van der Waals surface area contributed by atoms with Crippen LogP contribution in [0, 0.1) is 6.92 Å². The fraction of sp³-hybridized carbons (Fsp3) is 0.609. The topological polar surface area (TPSA) is 87.8 Å². The molecule has 0 radical (unpaired) electrons. The molecule has 174 valence electrons. The zero-order valence-electron chi connectivity index (χ0n) is 19.5. The van der Waals surface area contributed by atoms with Gasteiger partial charge in [0, 0.05) is 43.7 Å². The number of hydrogen-bond acceptors (Lipinski definition) is 9. The van der Waals surface area contributed by atoms with Gasteiger partial charge in [-0.05, 0) is 26.0 Å². The zero-order chi connectivity index (χ0) is 22.9. The maximum atomic E-state index is 10.5. The van der Waals surface area contributed by atoms with E-state index in [1.165, 1.54) is 0 Å². The summed E-state index contributed by atoms with van der Waals surface area (Å²) in [5.74, 6) is 2.15. The fourth-order valence-electron chi connectivity index (χ4n) is 3.93. The molecule has 4 rings (SSSR count). The second-order valence-electron chi connectivity index (χ2n) is 9.67. The first kappa shape index (κ1) is 23.1. The molecule has 0 aliphatic carbocycles. The predicted molar refractivity (Wildman–Crippen MR) is 125 cm³/mol. The van der Waals surface area contributed by atoms with Crippen LogP contribution in [0.3, 0.4) is 0 Å². The van der Waals surface area contributed by atoms with Crippen LogP contribution in [0.2, 0.25) is 0 Å². The van der Waals surface area contributed by atoms with Crippen LogP contribution in [0.4, 0.5) is 0 Å². The molecule has 1 aliphatic heterocycles. The van der Waals surface area contributed by atoms with Gasteiger partial charge in [0.25, 0.3) is 0 Å². The van der Waals surface area contributed by atoms with Gasteiger partial charge in [-0.25, -0.2) is 4.98 Å². The number of nitrogens with zero attached hydrogens (tertiary/aromatic N) is 5. The van der Waals surface area contributed by atoms with Crippen molar-refractivity contribution in [2.45, 2.75) is 58.7 Å². The third kappa shape index (κ3) is 5.64. The molecule has 1 saturated heterocycles. The third-order valence-corrected chi connectivity index (χ3v) is 6.63. The van der Waals surface area contributed by atoms with Crippen LogP contribution < -0.4 is 4.74 Å². The van der Waals surface area contributed by atoms with E-state index in [-0.39, 0.29) is 12.0 Å². The Bertz CT molecular complexity index is 1040. The number of benzene rings is 1. The van der Waals surface area contributed by atoms with Crippen LogP contribution in [-0.4, -0.2) is 75.0 Å². The van der Waals surface area contributed by atoms with E-state index in [1.54, 1.807) is 11.3 Å². The van der Waals surface area contributed by atoms with Gasteiger partial charge in [0.05, 0.1) is 21.8 Å². The van der Waals surface area contributed by atoms with Crippen LogP contribution in [0.15, 0.2) is 22.7 Å². The van der Waals surface area contributed by atoms with Crippen molar-refractivity contribution in [1.82, 2.24) is 24.9 Å². The molecule has 0 amide bonds. The molecule has 1 aromatic carbocycles. The number of aromatic nitrogens is 3. The van der Waals surface area contributed by atoms with E-state index in [0.717, 1.165) is 46.4 Å². The van der Waals surface area contributed by atoms with Gasteiger partial charge in [-0.15, -0.1) is 11.3 Å². The van der Waals surface area contributed by atoms with E-state index in [1.807, 2.05) is 25.1 Å². The van der Waals surface area contributed by atoms with E-state index in [0.29, 0.717) is 25.0 Å². The standard InChI is InChI=1S/C23H33N5O3S/c1-15-11-27(8-9-28(15)13-21-25-22(31-26-21)23(3,4)5)12-17(29)14-30-18-6-7-20-19(10-18)24-16(2)32-20/h6-7,10,15,17,29H,8-9,11-14H2,1-5H3/t15-,17+/m0/s1. The number of fused-ring (bicyclic) bond motifs is 1. The maximum absolute atomic E-state index is 10.5. The summed E-state index contributed by atoms with van der Waals surface area (Å²) < 4.78 is 12.4. The van der Waals surface area contributed by atoms with Crippen molar-refractivity contribution in [3.63, 3.8) is 0 Å². The van der Waals surface area contributed by atoms with Crippen LogP contribution in [0.1, 0.15) is 44.4 Å². The second kappa shape index (κ2) is 9.43. The largest absolute Gasteiger partial charge is 0.491 e. The summed E-state index contributed by atoms with van der Waals surface area (Å²) in [5.41, 5.74) is 0.805. The summed E-state index contributed by atoms with van der Waals surface area (Å²) in [6, 6.07) is 6.24. The number of aliphatic hydroxyl groups is 1. The molecule has 1 fully saturated rings. The van der Waals surface area contributed by atoms with Crippen molar-refractivity contribution in [2.24, 2.45) is 0 Å². The maximum Gasteiger partial charge on any atom is 0.232 e. The van der Waals surface area contributed by atoms with Crippen molar-refractivity contribution in [2.75, 3.05) is 32.8 Å². The summed E-state index contributed by atoms with van der Waals surface area (Å²) in [6.45, 7) is 14.6. The molecule has 2 aromatic heterocycles. The van der Waals surface area contributed by atoms with E-state index < -0.39 is 6.10 Å². The lowest BCUT2D eigenvalue weighted by molar-refractivity contribution is 0.0246. The second-order valence-corrected chi connectivity index (χ2v) is 10.9. The number of ether oxygens (including phenoxy) is 1. The highest BCUT2D eigenvalue weighted by Crippen LogP contribution is 2.26. The Morgan fingerprint density at radius 2 is 2.09 bits per heavy atom. The van der Waals surface area contributed by atoms with Gasteiger partial charge in [-0.1, -0.05) is 25.9 Å². The highest BCUT2D eigenvalue weighted by molar-refractivity contribution is 7.18. The molecule has 3 aromatic rings. The van der Waals surface area contributed by atoms with Crippen LogP contribution in [-0.2, 0) is 12.0 Å². The molecule has 3 heterocycles. The minimum Gasteiger partial charge on any atom is -0.491 e. The Morgan fingerprint density at radius 1 is 1.28 bits per heavy atom. The molecule has 0 spiro atoms. The lowest BCUT2D eigenvalue weighted by Crippen LogP contribution is -2.53. The van der Waals surface area contributed by atoms with Crippen LogP contribution in [0.25, 0.3) is 10.2 Å². The predicted octanol–water partition coefficient (Wildman–Crippen LogP) is 3.23. The van der Waals surface area contributed by atoms with Gasteiger partial charge in [0.15, 0.2) is 5.82 Å². The van der Waals surface area contributed by atoms with E-state index in [9.17, 15) is 5.11 Å². The normalized spacial score (nSPS) is 19.5. The first-order valence-corrected chi connectivity index (χ1v) is 12.0. The number of thiazole rings is 1. The molecule has 0 saturated carbocycles. The molecular weight excluding hydrogens is 426 g/mol. The Morgan fingerprint density at radius 3 is 2.81 bits per heavy atom. The Balaban J connectivity index is 1.23. The monoisotopic (exact) mass is 459 g/mol. The van der Waals surface area contributed by atoms with Gasteiger partial charge >= 0.3 is 0 Å². The van der Waals surface area contributed by atoms with Gasteiger partial charge in [-0.2, -0.15) is 4.98 Å². The molecular formula is C23H33N5O3S. The smallest absolute Gasteiger partial charge is 0.232 e. The van der Waals surface area contributed by atoms with Gasteiger partial charge in [-0.3, -0.25) is 9.80 Å². The van der Waals surface area contributed by atoms with Crippen LogP contribution in [0.5, 0.6) is 5.75 Å². The third-order valence-electron chi connectivity index (χ3n) is 5.68. The highest BCUT2D eigenvalue weighted by atomic mass is 32.1. The summed E-state index contributed by atoms with van der Waals surface area (Å²) in [5, 5.41) is 15.7. The van der Waals surface area contributed by atoms with Gasteiger partial charge < -0.3 is 14.4 Å². The molecule has 9 heteroatoms. The first-order chi connectivity index (χ1) is 15.2. The number of aryl methyl sites for hydroxylation is 1. The molecule has 8 nitrogen and oxygen atoms in total. The molecule has 1 aliphatic rings. The molecule has 0 bridgehead atoms. The van der Waals surface area contributed by atoms with Crippen molar-refractivity contribution >= 4 is 21.6 Å². The minimum atomic E-state index is -0.548. The van der Waals surface area contributed by atoms with E-state index in [2.05, 4.69) is 52.6 Å². The van der Waals surface area contributed by atoms with Crippen molar-refractivity contribution in [3.05, 3.63) is 34.9 Å². The van der Waals surface area contributed by atoms with E-state index in [4.69, 9.17) is 9.26 Å². The lowest BCUT2D eigenvalue weighted by atomic mass is 9.97. The summed E-state index contributed by atoms with van der Waals surface area (Å²) in [7, 11) is 0.